The topological polar surface area (TPSA) is 192 Å². The first-order valence-electron chi connectivity index (χ1n) is 10.7. The molecule has 0 bridgehead atoms. The zero-order valence-corrected chi connectivity index (χ0v) is 18.1. The second-order valence-electron chi connectivity index (χ2n) is 6.97. The Morgan fingerprint density at radius 3 is 1.45 bits per heavy atom. The maximum atomic E-state index is 5.83. The molecule has 11 N–H and O–H groups in total. The van der Waals surface area contributed by atoms with Gasteiger partial charge in [0.15, 0.2) is 17.9 Å². The van der Waals surface area contributed by atoms with E-state index in [1.807, 2.05) is 0 Å². The summed E-state index contributed by atoms with van der Waals surface area (Å²) in [5.74, 6) is 0.660. The molecule has 0 aliphatic carbocycles. The van der Waals surface area contributed by atoms with Crippen molar-refractivity contribution in [2.45, 2.75) is 77.6 Å². The van der Waals surface area contributed by atoms with Crippen LogP contribution in [0.15, 0.2) is 20.0 Å². The molecule has 10 heteroatoms. The van der Waals surface area contributed by atoms with E-state index < -0.39 is 0 Å². The van der Waals surface area contributed by atoms with Crippen LogP contribution in [-0.2, 0) is 0 Å². The van der Waals surface area contributed by atoms with Crippen molar-refractivity contribution in [1.82, 2.24) is 5.32 Å². The highest BCUT2D eigenvalue weighted by Gasteiger charge is 1.96. The van der Waals surface area contributed by atoms with Gasteiger partial charge in [-0.2, -0.15) is 4.99 Å². The largest absolute Gasteiger partial charge is 0.370 e. The summed E-state index contributed by atoms with van der Waals surface area (Å²) in [6.45, 7) is 4.19. The number of nitrogens with two attached hydrogens (primary N) is 5. The summed E-state index contributed by atoms with van der Waals surface area (Å²) in [7, 11) is 0. The summed E-state index contributed by atoms with van der Waals surface area (Å²) >= 11 is 0. The molecule has 0 rings (SSSR count). The minimum atomic E-state index is -0.0844. The van der Waals surface area contributed by atoms with Gasteiger partial charge in [0.05, 0.1) is 0 Å². The molecule has 0 aliphatic rings. The molecule has 0 unspecified atom stereocenters. The number of hydrogen-bond donors (Lipinski definition) is 6. The van der Waals surface area contributed by atoms with Crippen LogP contribution < -0.4 is 34.0 Å². The number of guanidine groups is 4. The SMILES string of the molecule is CCCCCCCCCN=C(N)NC(N)=NCCCCCCN=C(N)N=C(N)N. The van der Waals surface area contributed by atoms with Gasteiger partial charge in [0, 0.05) is 19.6 Å². The maximum absolute atomic E-state index is 5.83. The fraction of sp³-hybridized carbons (Fsp3) is 0.789. The lowest BCUT2D eigenvalue weighted by Gasteiger charge is -2.05. The Morgan fingerprint density at radius 2 is 1.00 bits per heavy atom. The van der Waals surface area contributed by atoms with Crippen LogP contribution in [0.1, 0.15) is 77.6 Å². The van der Waals surface area contributed by atoms with Crippen LogP contribution in [0.2, 0.25) is 0 Å². The molecule has 0 aromatic heterocycles. The van der Waals surface area contributed by atoms with E-state index in [2.05, 4.69) is 32.2 Å². The second kappa shape index (κ2) is 18.8. The van der Waals surface area contributed by atoms with Crippen LogP contribution in [-0.4, -0.2) is 43.5 Å². The molecule has 0 heterocycles. The van der Waals surface area contributed by atoms with E-state index in [9.17, 15) is 0 Å². The highest BCUT2D eigenvalue weighted by Crippen LogP contribution is 2.06. The van der Waals surface area contributed by atoms with Gasteiger partial charge in [-0.3, -0.25) is 20.3 Å². The van der Waals surface area contributed by atoms with Crippen molar-refractivity contribution >= 4 is 23.8 Å². The lowest BCUT2D eigenvalue weighted by Crippen LogP contribution is -2.41. The van der Waals surface area contributed by atoms with Gasteiger partial charge >= 0.3 is 0 Å². The fourth-order valence-corrected chi connectivity index (χ4v) is 2.62. The average molecular weight is 411 g/mol. The van der Waals surface area contributed by atoms with Gasteiger partial charge in [-0.1, -0.05) is 58.3 Å². The summed E-state index contributed by atoms with van der Waals surface area (Å²) in [6.07, 6.45) is 12.6. The maximum Gasteiger partial charge on any atom is 0.218 e. The average Bonchev–Trinajstić information content (AvgIpc) is 2.65. The van der Waals surface area contributed by atoms with Gasteiger partial charge in [0.25, 0.3) is 0 Å². The molecule has 0 spiro atoms. The minimum Gasteiger partial charge on any atom is -0.370 e. The normalized spacial score (nSPS) is 12.8. The Bertz CT molecular complexity index is 521. The minimum absolute atomic E-state index is 0.0844. The van der Waals surface area contributed by atoms with E-state index >= 15 is 0 Å². The molecule has 0 atom stereocenters. The highest BCUT2D eigenvalue weighted by molar-refractivity contribution is 5.97. The molecule has 29 heavy (non-hydrogen) atoms. The summed E-state index contributed by atoms with van der Waals surface area (Å²) < 4.78 is 0. The van der Waals surface area contributed by atoms with Gasteiger partial charge in [0.2, 0.25) is 5.96 Å². The molecule has 0 aromatic rings. The van der Waals surface area contributed by atoms with Gasteiger partial charge in [-0.15, -0.1) is 0 Å². The van der Waals surface area contributed by atoms with Crippen LogP contribution in [0.5, 0.6) is 0 Å². The quantitative estimate of drug-likeness (QED) is 0.133. The zero-order chi connectivity index (χ0) is 21.7. The molecule has 0 saturated heterocycles. The number of aliphatic imine (C=N–C) groups is 4. The molecule has 0 aromatic carbocycles. The summed E-state index contributed by atoms with van der Waals surface area (Å²) in [5, 5.41) is 2.83. The summed E-state index contributed by atoms with van der Waals surface area (Å²) in [6, 6.07) is 0. The first-order chi connectivity index (χ1) is 14.0. The smallest absolute Gasteiger partial charge is 0.218 e. The Hall–Kier alpha value is -2.52. The Labute approximate surface area is 175 Å². The van der Waals surface area contributed by atoms with Crippen molar-refractivity contribution in [2.75, 3.05) is 19.6 Å². The van der Waals surface area contributed by atoms with Crippen LogP contribution in [0, 0.1) is 0 Å². The third-order valence-electron chi connectivity index (χ3n) is 4.17. The monoisotopic (exact) mass is 410 g/mol. The van der Waals surface area contributed by atoms with Crippen molar-refractivity contribution in [3.05, 3.63) is 0 Å². The van der Waals surface area contributed by atoms with E-state index in [-0.39, 0.29) is 11.9 Å². The number of nitrogens with one attached hydrogen (secondary N) is 1. The van der Waals surface area contributed by atoms with E-state index in [4.69, 9.17) is 28.7 Å². The van der Waals surface area contributed by atoms with Crippen LogP contribution in [0.4, 0.5) is 0 Å². The van der Waals surface area contributed by atoms with E-state index in [1.54, 1.807) is 0 Å². The van der Waals surface area contributed by atoms with Gasteiger partial charge in [-0.05, 0) is 19.3 Å². The number of hydrogen-bond acceptors (Lipinski definition) is 3. The molecule has 0 radical (unpaired) electrons. The molecular formula is C19H42N10. The molecule has 168 valence electrons. The third-order valence-corrected chi connectivity index (χ3v) is 4.17. The third kappa shape index (κ3) is 20.0. The van der Waals surface area contributed by atoms with E-state index in [0.29, 0.717) is 25.0 Å². The van der Waals surface area contributed by atoms with E-state index in [0.717, 1.165) is 38.6 Å². The lowest BCUT2D eigenvalue weighted by atomic mass is 10.1. The highest BCUT2D eigenvalue weighted by atomic mass is 15.2. The van der Waals surface area contributed by atoms with Crippen molar-refractivity contribution < 1.29 is 0 Å². The van der Waals surface area contributed by atoms with Gasteiger partial charge in [0.1, 0.15) is 0 Å². The standard InChI is InChI=1S/C19H42N10/c1-2-3-4-5-6-7-10-14-26-18(23)29-19(24)27-15-12-9-8-11-13-25-17(22)28-16(20)21/h2-15H2,1H3,(H6,20,21,22,25,28)(H5,23,24,26,27,29). The zero-order valence-electron chi connectivity index (χ0n) is 18.1. The molecule has 0 fully saturated rings. The van der Waals surface area contributed by atoms with Crippen molar-refractivity contribution in [3.63, 3.8) is 0 Å². The van der Waals surface area contributed by atoms with Crippen LogP contribution >= 0.6 is 0 Å². The predicted octanol–water partition coefficient (Wildman–Crippen LogP) is 1.10. The molecule has 0 saturated carbocycles. The predicted molar refractivity (Wildman–Crippen MR) is 125 cm³/mol. The number of unbranched alkanes of at least 4 members (excludes halogenated alkanes) is 9. The summed E-state index contributed by atoms with van der Waals surface area (Å²) in [5.41, 5.74) is 27.6. The lowest BCUT2D eigenvalue weighted by molar-refractivity contribution is 0.593. The van der Waals surface area contributed by atoms with Crippen LogP contribution in [0.25, 0.3) is 0 Å². The molecular weight excluding hydrogens is 368 g/mol. The van der Waals surface area contributed by atoms with Crippen molar-refractivity contribution in [1.29, 1.82) is 0 Å². The van der Waals surface area contributed by atoms with Crippen molar-refractivity contribution in [3.8, 4) is 0 Å². The van der Waals surface area contributed by atoms with Crippen molar-refractivity contribution in [2.24, 2.45) is 48.6 Å². The summed E-state index contributed by atoms with van der Waals surface area (Å²) in [4.78, 5) is 16.2. The van der Waals surface area contributed by atoms with Gasteiger partial charge in [-0.25, -0.2) is 0 Å². The second-order valence-corrected chi connectivity index (χ2v) is 6.97. The molecule has 0 aliphatic heterocycles. The first-order valence-corrected chi connectivity index (χ1v) is 10.7. The van der Waals surface area contributed by atoms with E-state index in [1.165, 1.54) is 38.5 Å². The molecule has 0 amide bonds. The number of nitrogens with zero attached hydrogens (tertiary/aromatic N) is 4. The van der Waals surface area contributed by atoms with Crippen LogP contribution in [0.3, 0.4) is 0 Å². The first kappa shape index (κ1) is 26.5. The Morgan fingerprint density at radius 1 is 0.586 bits per heavy atom. The van der Waals surface area contributed by atoms with Gasteiger partial charge < -0.3 is 28.7 Å². The fourth-order valence-electron chi connectivity index (χ4n) is 2.62. The Balaban J connectivity index is 3.71. The Kier molecular flexibility index (Phi) is 17.2. The molecule has 10 nitrogen and oxygen atoms in total. The number of rotatable bonds is 15.